The van der Waals surface area contributed by atoms with Crippen LogP contribution in [0.2, 0.25) is 0 Å². The topological polar surface area (TPSA) is 56.2 Å². The lowest BCUT2D eigenvalue weighted by atomic mass is 10.3. The van der Waals surface area contributed by atoms with E-state index in [-0.39, 0.29) is 11.7 Å². The van der Waals surface area contributed by atoms with Crippen LogP contribution < -0.4 is 10.1 Å². The van der Waals surface area contributed by atoms with Crippen molar-refractivity contribution < 1.29 is 13.9 Å². The van der Waals surface area contributed by atoms with E-state index < -0.39 is 6.04 Å². The number of hydrogen-bond acceptors (Lipinski definition) is 3. The van der Waals surface area contributed by atoms with Crippen LogP contribution in [0.25, 0.3) is 0 Å². The molecule has 0 aliphatic carbocycles. The van der Waals surface area contributed by atoms with Gasteiger partial charge in [-0.3, -0.25) is 9.48 Å². The van der Waals surface area contributed by atoms with Crippen molar-refractivity contribution in [3.8, 4) is 11.5 Å². The molecule has 0 saturated carbocycles. The lowest BCUT2D eigenvalue weighted by Crippen LogP contribution is -2.23. The van der Waals surface area contributed by atoms with Gasteiger partial charge in [-0.25, -0.2) is 4.39 Å². The number of anilines is 1. The molecular formula is C18H15BrFN3O2. The lowest BCUT2D eigenvalue weighted by molar-refractivity contribution is -0.119. The third-order valence-electron chi connectivity index (χ3n) is 3.50. The fraction of sp³-hybridized carbons (Fsp3) is 0.111. The average Bonchev–Trinajstić information content (AvgIpc) is 3.05. The number of ether oxygens (including phenoxy) is 1. The van der Waals surface area contributed by atoms with E-state index in [1.165, 1.54) is 35.1 Å². The Labute approximate surface area is 152 Å². The Hall–Kier alpha value is -2.67. The van der Waals surface area contributed by atoms with Crippen molar-refractivity contribution in [3.05, 3.63) is 71.2 Å². The summed E-state index contributed by atoms with van der Waals surface area (Å²) in [6.07, 6.45) is 3.13. The Bertz CT molecular complexity index is 880. The molecule has 0 aliphatic heterocycles. The maximum absolute atomic E-state index is 12.9. The fourth-order valence-electron chi connectivity index (χ4n) is 2.16. The molecule has 1 amide bonds. The van der Waals surface area contributed by atoms with Gasteiger partial charge < -0.3 is 10.1 Å². The minimum absolute atomic E-state index is 0.200. The Morgan fingerprint density at radius 1 is 1.24 bits per heavy atom. The SMILES string of the molecule is CC(C(=O)Nc1cccc(Br)c1)n1cc(Oc2ccc(F)cc2)cn1. The molecule has 0 aliphatic rings. The van der Waals surface area contributed by atoms with Crippen LogP contribution in [0.3, 0.4) is 0 Å². The summed E-state index contributed by atoms with van der Waals surface area (Å²) in [6.45, 7) is 1.74. The highest BCUT2D eigenvalue weighted by molar-refractivity contribution is 9.10. The Morgan fingerprint density at radius 3 is 2.72 bits per heavy atom. The van der Waals surface area contributed by atoms with Gasteiger partial charge in [0.1, 0.15) is 17.6 Å². The van der Waals surface area contributed by atoms with Crippen molar-refractivity contribution in [1.29, 1.82) is 0 Å². The van der Waals surface area contributed by atoms with Gasteiger partial charge >= 0.3 is 0 Å². The van der Waals surface area contributed by atoms with Gasteiger partial charge in [-0.15, -0.1) is 0 Å². The number of nitrogens with zero attached hydrogens (tertiary/aromatic N) is 2. The monoisotopic (exact) mass is 403 g/mol. The number of nitrogens with one attached hydrogen (secondary N) is 1. The first kappa shape index (κ1) is 17.2. The molecule has 0 radical (unpaired) electrons. The third-order valence-corrected chi connectivity index (χ3v) is 3.99. The van der Waals surface area contributed by atoms with Crippen LogP contribution in [0.5, 0.6) is 11.5 Å². The van der Waals surface area contributed by atoms with E-state index in [4.69, 9.17) is 4.74 Å². The van der Waals surface area contributed by atoms with Crippen LogP contribution in [0, 0.1) is 5.82 Å². The van der Waals surface area contributed by atoms with E-state index in [1.807, 2.05) is 24.3 Å². The van der Waals surface area contributed by atoms with Crippen LogP contribution in [-0.2, 0) is 4.79 Å². The molecule has 0 fully saturated rings. The smallest absolute Gasteiger partial charge is 0.248 e. The van der Waals surface area contributed by atoms with E-state index in [2.05, 4.69) is 26.3 Å². The molecule has 0 spiro atoms. The average molecular weight is 404 g/mol. The van der Waals surface area contributed by atoms with Gasteiger partial charge in [-0.05, 0) is 49.4 Å². The molecular weight excluding hydrogens is 389 g/mol. The summed E-state index contributed by atoms with van der Waals surface area (Å²) >= 11 is 3.36. The summed E-state index contributed by atoms with van der Waals surface area (Å²) in [7, 11) is 0. The Kier molecular flexibility index (Phi) is 5.14. The minimum atomic E-state index is -0.524. The highest BCUT2D eigenvalue weighted by Crippen LogP contribution is 2.23. The summed E-state index contributed by atoms with van der Waals surface area (Å²) < 4.78 is 20.9. The largest absolute Gasteiger partial charge is 0.454 e. The van der Waals surface area contributed by atoms with E-state index in [0.29, 0.717) is 17.2 Å². The molecule has 0 bridgehead atoms. The first-order valence-electron chi connectivity index (χ1n) is 7.55. The van der Waals surface area contributed by atoms with Crippen molar-refractivity contribution in [2.45, 2.75) is 13.0 Å². The quantitative estimate of drug-likeness (QED) is 0.666. The van der Waals surface area contributed by atoms with Crippen LogP contribution in [0.1, 0.15) is 13.0 Å². The molecule has 1 unspecified atom stereocenters. The number of carbonyl (C=O) groups excluding carboxylic acids is 1. The van der Waals surface area contributed by atoms with Gasteiger partial charge in [0.2, 0.25) is 5.91 Å². The van der Waals surface area contributed by atoms with Crippen molar-refractivity contribution in [2.24, 2.45) is 0 Å². The second kappa shape index (κ2) is 7.48. The molecule has 128 valence electrons. The van der Waals surface area contributed by atoms with Crippen molar-refractivity contribution in [2.75, 3.05) is 5.32 Å². The lowest BCUT2D eigenvalue weighted by Gasteiger charge is -2.12. The summed E-state index contributed by atoms with van der Waals surface area (Å²) in [6, 6.07) is 12.5. The highest BCUT2D eigenvalue weighted by Gasteiger charge is 2.17. The molecule has 1 atom stereocenters. The number of hydrogen-bond donors (Lipinski definition) is 1. The summed E-state index contributed by atoms with van der Waals surface area (Å²) in [4.78, 5) is 12.4. The molecule has 7 heteroatoms. The van der Waals surface area contributed by atoms with Crippen LogP contribution in [0.15, 0.2) is 65.4 Å². The standard InChI is InChI=1S/C18H15BrFN3O2/c1-12(18(24)22-15-4-2-3-13(19)9-15)23-11-17(10-21-23)25-16-7-5-14(20)6-8-16/h2-12H,1H3,(H,22,24). The molecule has 3 aromatic rings. The molecule has 5 nitrogen and oxygen atoms in total. The molecule has 2 aromatic carbocycles. The fourth-order valence-corrected chi connectivity index (χ4v) is 2.56. The summed E-state index contributed by atoms with van der Waals surface area (Å²) in [5, 5.41) is 6.99. The van der Waals surface area contributed by atoms with E-state index >= 15 is 0 Å². The first-order chi connectivity index (χ1) is 12.0. The van der Waals surface area contributed by atoms with Crippen LogP contribution in [-0.4, -0.2) is 15.7 Å². The normalized spacial score (nSPS) is 11.8. The van der Waals surface area contributed by atoms with Gasteiger partial charge in [-0.2, -0.15) is 5.10 Å². The summed E-state index contributed by atoms with van der Waals surface area (Å²) in [5.74, 6) is 0.427. The van der Waals surface area contributed by atoms with Gasteiger partial charge in [0.25, 0.3) is 0 Å². The van der Waals surface area contributed by atoms with Crippen molar-refractivity contribution in [3.63, 3.8) is 0 Å². The van der Waals surface area contributed by atoms with Crippen molar-refractivity contribution >= 4 is 27.5 Å². The van der Waals surface area contributed by atoms with Gasteiger partial charge in [-0.1, -0.05) is 22.0 Å². The zero-order valence-corrected chi connectivity index (χ0v) is 14.9. The summed E-state index contributed by atoms with van der Waals surface area (Å²) in [5.41, 5.74) is 0.696. The van der Waals surface area contributed by atoms with Crippen LogP contribution >= 0.6 is 15.9 Å². The van der Waals surface area contributed by atoms with E-state index in [0.717, 1.165) is 4.47 Å². The molecule has 3 rings (SSSR count). The number of aromatic nitrogens is 2. The zero-order chi connectivity index (χ0) is 17.8. The predicted octanol–water partition coefficient (Wildman–Crippen LogP) is 4.78. The third kappa shape index (κ3) is 4.45. The first-order valence-corrected chi connectivity index (χ1v) is 8.34. The van der Waals surface area contributed by atoms with E-state index in [9.17, 15) is 9.18 Å². The highest BCUT2D eigenvalue weighted by atomic mass is 79.9. The van der Waals surface area contributed by atoms with Gasteiger partial charge in [0.15, 0.2) is 5.75 Å². The maximum atomic E-state index is 12.9. The maximum Gasteiger partial charge on any atom is 0.248 e. The van der Waals surface area contributed by atoms with E-state index in [1.54, 1.807) is 13.1 Å². The molecule has 1 N–H and O–H groups in total. The van der Waals surface area contributed by atoms with Gasteiger partial charge in [0.05, 0.1) is 12.4 Å². The minimum Gasteiger partial charge on any atom is -0.454 e. The number of carbonyl (C=O) groups is 1. The van der Waals surface area contributed by atoms with Gasteiger partial charge in [0, 0.05) is 10.2 Å². The predicted molar refractivity (Wildman–Crippen MR) is 96.2 cm³/mol. The van der Waals surface area contributed by atoms with Crippen LogP contribution in [0.4, 0.5) is 10.1 Å². The van der Waals surface area contributed by atoms with Crippen molar-refractivity contribution in [1.82, 2.24) is 9.78 Å². The number of benzene rings is 2. The molecule has 0 saturated heterocycles. The number of halogens is 2. The second-order valence-corrected chi connectivity index (χ2v) is 6.30. The molecule has 1 heterocycles. The Morgan fingerprint density at radius 2 is 2.00 bits per heavy atom. The molecule has 25 heavy (non-hydrogen) atoms. The Balaban J connectivity index is 1.66. The molecule has 1 aromatic heterocycles. The number of amides is 1. The zero-order valence-electron chi connectivity index (χ0n) is 13.3. The number of rotatable bonds is 5. The second-order valence-electron chi connectivity index (χ2n) is 5.39.